The maximum Gasteiger partial charge on any atom is 0.242 e. The summed E-state index contributed by atoms with van der Waals surface area (Å²) in [5, 5.41) is 9.15. The molecule has 1 aliphatic carbocycles. The first kappa shape index (κ1) is 30.4. The lowest BCUT2D eigenvalue weighted by atomic mass is 9.95. The molecule has 3 aromatic rings. The molecule has 42 heavy (non-hydrogen) atoms. The predicted octanol–water partition coefficient (Wildman–Crippen LogP) is 3.38. The van der Waals surface area contributed by atoms with Gasteiger partial charge >= 0.3 is 0 Å². The molecule has 2 amide bonds. The molecule has 4 N–H and O–H groups in total. The number of H-pyrrole nitrogens is 1. The van der Waals surface area contributed by atoms with Crippen LogP contribution in [0.2, 0.25) is 0 Å². The lowest BCUT2D eigenvalue weighted by Gasteiger charge is -2.22. The minimum Gasteiger partial charge on any atom is -0.493 e. The number of aromatic amines is 1. The van der Waals surface area contributed by atoms with Crippen molar-refractivity contribution in [3.8, 4) is 28.4 Å². The molecule has 11 nitrogen and oxygen atoms in total. The number of aromatic nitrogens is 2. The molecule has 1 aromatic heterocycles. The van der Waals surface area contributed by atoms with Crippen LogP contribution in [0.4, 0.5) is 5.69 Å². The lowest BCUT2D eigenvalue weighted by Crippen LogP contribution is -2.44. The Hall–Kier alpha value is -4.54. The summed E-state index contributed by atoms with van der Waals surface area (Å²) in [5.74, 6) is 0.908. The molecular formula is C31H39N5O6. The Morgan fingerprint density at radius 2 is 1.86 bits per heavy atom. The number of hydrogen-bond acceptors (Lipinski definition) is 8. The molecule has 1 heterocycles. The standard InChI is InChI=1S/C31H39N5O6/c1-17(2)28(31(39)33-12-11-20-15-32-16-34-20)36-24-10-8-21-22(14-25(24)38)23(35-18(3)37)9-7-19-13-26(40-4)29(41-5)30(42-6)27(19)21/h8,10,13-17,23,28H,7,9,11-12H2,1-6H3,(H,32,34)(H,33,39)(H,35,37)(H,36,38). The lowest BCUT2D eigenvalue weighted by molar-refractivity contribution is -0.122. The SMILES string of the molecule is COc1cc2c(c(OC)c1OC)-c1ccc(NC(C(=O)NCCc3cnc[nH]3)C(C)C)c(=O)cc1C(NC(C)=O)CC2. The van der Waals surface area contributed by atoms with E-state index in [2.05, 4.69) is 25.9 Å². The van der Waals surface area contributed by atoms with Crippen molar-refractivity contribution in [2.75, 3.05) is 33.2 Å². The van der Waals surface area contributed by atoms with Crippen molar-refractivity contribution in [2.45, 2.75) is 52.1 Å². The largest absolute Gasteiger partial charge is 0.493 e. The number of methoxy groups -OCH3 is 3. The van der Waals surface area contributed by atoms with Crippen LogP contribution in [0.5, 0.6) is 17.2 Å². The first-order chi connectivity index (χ1) is 20.2. The number of nitrogens with zero attached hydrogens (tertiary/aromatic N) is 1. The zero-order valence-corrected chi connectivity index (χ0v) is 24.9. The fourth-order valence-electron chi connectivity index (χ4n) is 5.38. The van der Waals surface area contributed by atoms with Crippen molar-refractivity contribution in [2.24, 2.45) is 5.92 Å². The first-order valence-electron chi connectivity index (χ1n) is 14.0. The molecule has 0 radical (unpaired) electrons. The van der Waals surface area contributed by atoms with E-state index in [1.165, 1.54) is 13.0 Å². The highest BCUT2D eigenvalue weighted by Gasteiger charge is 2.30. The van der Waals surface area contributed by atoms with Gasteiger partial charge in [-0.25, -0.2) is 4.98 Å². The van der Waals surface area contributed by atoms with E-state index in [-0.39, 0.29) is 28.8 Å². The van der Waals surface area contributed by atoms with E-state index in [4.69, 9.17) is 14.2 Å². The summed E-state index contributed by atoms with van der Waals surface area (Å²) < 4.78 is 17.1. The maximum absolute atomic E-state index is 13.7. The normalized spacial score (nSPS) is 14.6. The van der Waals surface area contributed by atoms with Crippen molar-refractivity contribution < 1.29 is 23.8 Å². The number of carbonyl (C=O) groups excluding carboxylic acids is 2. The Labute approximate surface area is 245 Å². The van der Waals surface area contributed by atoms with Gasteiger partial charge in [-0.3, -0.25) is 14.4 Å². The van der Waals surface area contributed by atoms with Gasteiger partial charge in [0.05, 0.1) is 39.4 Å². The van der Waals surface area contributed by atoms with Crippen LogP contribution in [0, 0.1) is 5.92 Å². The van der Waals surface area contributed by atoms with Crippen LogP contribution in [-0.2, 0) is 22.4 Å². The van der Waals surface area contributed by atoms with Gasteiger partial charge in [0.2, 0.25) is 23.0 Å². The third-order valence-electron chi connectivity index (χ3n) is 7.42. The summed E-state index contributed by atoms with van der Waals surface area (Å²) in [7, 11) is 4.66. The Morgan fingerprint density at radius 3 is 2.48 bits per heavy atom. The Bertz CT molecular complexity index is 1490. The fourth-order valence-corrected chi connectivity index (χ4v) is 5.38. The number of nitrogens with one attached hydrogen (secondary N) is 4. The average molecular weight is 578 g/mol. The van der Waals surface area contributed by atoms with Gasteiger partial charge in [0.15, 0.2) is 11.5 Å². The maximum atomic E-state index is 13.7. The average Bonchev–Trinajstić information content (AvgIpc) is 3.37. The number of benzene rings is 1. The molecule has 1 aliphatic rings. The predicted molar refractivity (Wildman–Crippen MR) is 160 cm³/mol. The Kier molecular flexibility index (Phi) is 9.72. The van der Waals surface area contributed by atoms with Crippen LogP contribution in [0.1, 0.15) is 50.1 Å². The van der Waals surface area contributed by atoms with Crippen molar-refractivity contribution in [3.63, 3.8) is 0 Å². The number of rotatable bonds is 11. The van der Waals surface area contributed by atoms with E-state index < -0.39 is 12.1 Å². The van der Waals surface area contributed by atoms with Gasteiger partial charge < -0.3 is 35.1 Å². The van der Waals surface area contributed by atoms with Gasteiger partial charge in [0.1, 0.15) is 6.04 Å². The molecular weight excluding hydrogens is 538 g/mol. The highest BCUT2D eigenvalue weighted by atomic mass is 16.5. The second-order valence-electron chi connectivity index (χ2n) is 10.6. The van der Waals surface area contributed by atoms with Gasteiger partial charge in [-0.15, -0.1) is 0 Å². The summed E-state index contributed by atoms with van der Waals surface area (Å²) in [4.78, 5) is 46.1. The molecule has 2 aromatic carbocycles. The van der Waals surface area contributed by atoms with Gasteiger partial charge in [-0.2, -0.15) is 0 Å². The molecule has 2 unspecified atom stereocenters. The highest BCUT2D eigenvalue weighted by molar-refractivity contribution is 5.86. The van der Waals surface area contributed by atoms with Crippen LogP contribution in [-0.4, -0.2) is 55.7 Å². The van der Waals surface area contributed by atoms with Gasteiger partial charge in [0, 0.05) is 37.3 Å². The van der Waals surface area contributed by atoms with Crippen LogP contribution in [0.3, 0.4) is 0 Å². The topological polar surface area (TPSA) is 144 Å². The molecule has 0 aliphatic heterocycles. The molecule has 0 fully saturated rings. The van der Waals surface area contributed by atoms with E-state index in [0.29, 0.717) is 54.2 Å². The summed E-state index contributed by atoms with van der Waals surface area (Å²) in [6.07, 6.45) is 5.07. The van der Waals surface area contributed by atoms with Crippen molar-refractivity contribution >= 4 is 17.5 Å². The van der Waals surface area contributed by atoms with E-state index in [1.54, 1.807) is 39.9 Å². The second-order valence-corrected chi connectivity index (χ2v) is 10.6. The number of hydrogen-bond donors (Lipinski definition) is 4. The minimum absolute atomic E-state index is 0.107. The van der Waals surface area contributed by atoms with Crippen molar-refractivity contribution in [3.05, 3.63) is 63.8 Å². The number of aryl methyl sites for hydroxylation is 1. The van der Waals surface area contributed by atoms with Crippen LogP contribution >= 0.6 is 0 Å². The molecule has 224 valence electrons. The summed E-state index contributed by atoms with van der Waals surface area (Å²) >= 11 is 0. The quantitative estimate of drug-likeness (QED) is 0.272. The molecule has 0 saturated heterocycles. The number of imidazole rings is 1. The van der Waals surface area contributed by atoms with Crippen LogP contribution < -0.4 is 35.6 Å². The van der Waals surface area contributed by atoms with Gasteiger partial charge in [-0.05, 0) is 53.6 Å². The number of ether oxygens (including phenoxy) is 3. The second kappa shape index (κ2) is 13.4. The Balaban J connectivity index is 1.77. The number of fused-ring (bicyclic) bond motifs is 3. The number of anilines is 1. The van der Waals surface area contributed by atoms with Crippen molar-refractivity contribution in [1.82, 2.24) is 20.6 Å². The summed E-state index contributed by atoms with van der Waals surface area (Å²) in [6.45, 7) is 5.72. The van der Waals surface area contributed by atoms with E-state index >= 15 is 0 Å². The molecule has 0 bridgehead atoms. The van der Waals surface area contributed by atoms with E-state index in [9.17, 15) is 14.4 Å². The highest BCUT2D eigenvalue weighted by Crippen LogP contribution is 2.50. The molecule has 11 heteroatoms. The molecule has 0 spiro atoms. The van der Waals surface area contributed by atoms with Gasteiger partial charge in [-0.1, -0.05) is 19.9 Å². The third kappa shape index (κ3) is 6.50. The first-order valence-corrected chi connectivity index (χ1v) is 14.0. The van der Waals surface area contributed by atoms with E-state index in [1.807, 2.05) is 26.0 Å². The molecule has 0 saturated carbocycles. The van der Waals surface area contributed by atoms with Crippen LogP contribution in [0.25, 0.3) is 11.1 Å². The smallest absolute Gasteiger partial charge is 0.242 e. The number of amides is 2. The third-order valence-corrected chi connectivity index (χ3v) is 7.42. The minimum atomic E-state index is -0.654. The molecule has 2 atom stereocenters. The monoisotopic (exact) mass is 577 g/mol. The molecule has 4 rings (SSSR count). The summed E-state index contributed by atoms with van der Waals surface area (Å²) in [5.41, 5.74) is 3.95. The van der Waals surface area contributed by atoms with Crippen LogP contribution in [0.15, 0.2) is 41.6 Å². The fraction of sp³-hybridized carbons (Fsp3) is 0.419. The van der Waals surface area contributed by atoms with Crippen molar-refractivity contribution in [1.29, 1.82) is 0 Å². The zero-order valence-electron chi connectivity index (χ0n) is 24.9. The summed E-state index contributed by atoms with van der Waals surface area (Å²) in [6, 6.07) is 5.88. The van der Waals surface area contributed by atoms with E-state index in [0.717, 1.165) is 16.8 Å². The van der Waals surface area contributed by atoms with Gasteiger partial charge in [0.25, 0.3) is 0 Å². The Morgan fingerprint density at radius 1 is 1.10 bits per heavy atom. The zero-order chi connectivity index (χ0) is 30.4. The number of carbonyl (C=O) groups is 2.